The number of ether oxygens (including phenoxy) is 5. The van der Waals surface area contributed by atoms with Crippen molar-refractivity contribution in [3.05, 3.63) is 0 Å². The topological polar surface area (TPSA) is 150 Å². The first kappa shape index (κ1) is 24.9. The van der Waals surface area contributed by atoms with Crippen LogP contribution < -0.4 is 0 Å². The summed E-state index contributed by atoms with van der Waals surface area (Å²) in [6.07, 6.45) is -3.48. The molecule has 12 nitrogen and oxygen atoms in total. The van der Waals surface area contributed by atoms with Gasteiger partial charge in [0, 0.05) is 6.42 Å². The van der Waals surface area contributed by atoms with Crippen LogP contribution in [0.15, 0.2) is 0 Å². The van der Waals surface area contributed by atoms with Crippen molar-refractivity contribution in [1.29, 1.82) is 0 Å². The number of esters is 2. The number of hydrogen-bond acceptors (Lipinski definition) is 12. The molecule has 29 heavy (non-hydrogen) atoms. The van der Waals surface area contributed by atoms with E-state index in [0.717, 1.165) is 0 Å². The predicted molar refractivity (Wildman–Crippen MR) is 93.6 cm³/mol. The molecule has 1 fully saturated rings. The van der Waals surface area contributed by atoms with Crippen LogP contribution in [0.3, 0.4) is 0 Å². The van der Waals surface area contributed by atoms with Gasteiger partial charge in [0.25, 0.3) is 0 Å². The van der Waals surface area contributed by atoms with Crippen LogP contribution in [0.4, 0.5) is 9.59 Å². The summed E-state index contributed by atoms with van der Waals surface area (Å²) in [5.41, 5.74) is 0. The Balaban J connectivity index is 2.66. The Morgan fingerprint density at radius 2 is 1.48 bits per heavy atom. The summed E-state index contributed by atoms with van der Waals surface area (Å²) in [7, 11) is -4.10. The molecule has 0 aromatic rings. The van der Waals surface area contributed by atoms with Crippen molar-refractivity contribution in [2.24, 2.45) is 5.92 Å². The quantitative estimate of drug-likeness (QED) is 0.161. The van der Waals surface area contributed by atoms with Gasteiger partial charge in [-0.25, -0.2) is 9.59 Å². The molecule has 0 N–H and O–H groups in total. The van der Waals surface area contributed by atoms with E-state index in [0.29, 0.717) is 0 Å². The van der Waals surface area contributed by atoms with Crippen LogP contribution in [-0.2, 0) is 46.9 Å². The predicted octanol–water partition coefficient (Wildman–Crippen LogP) is 2.73. The fourth-order valence-corrected chi connectivity index (χ4v) is 3.58. The second-order valence-corrected chi connectivity index (χ2v) is 8.54. The fourth-order valence-electron chi connectivity index (χ4n) is 2.00. The summed E-state index contributed by atoms with van der Waals surface area (Å²) in [4.78, 5) is 45.7. The van der Waals surface area contributed by atoms with E-state index in [1.165, 1.54) is 0 Å². The number of carbonyl (C=O) groups is 4. The molecule has 0 aromatic carbocycles. The lowest BCUT2D eigenvalue weighted by atomic mass is 10.0. The van der Waals surface area contributed by atoms with E-state index >= 15 is 0 Å². The Bertz CT molecular complexity index is 612. The van der Waals surface area contributed by atoms with Crippen molar-refractivity contribution in [3.8, 4) is 0 Å². The summed E-state index contributed by atoms with van der Waals surface area (Å²) >= 11 is 0. The van der Waals surface area contributed by atoms with Gasteiger partial charge in [-0.15, -0.1) is 0 Å². The van der Waals surface area contributed by atoms with Gasteiger partial charge in [0.15, 0.2) is 0 Å². The van der Waals surface area contributed by atoms with Crippen molar-refractivity contribution in [2.75, 3.05) is 19.7 Å². The van der Waals surface area contributed by atoms with Gasteiger partial charge in [0.1, 0.15) is 0 Å². The minimum absolute atomic E-state index is 0.0508. The van der Waals surface area contributed by atoms with Gasteiger partial charge in [-0.2, -0.15) is 0 Å². The maximum atomic E-state index is 12.9. The van der Waals surface area contributed by atoms with Crippen LogP contribution >= 0.6 is 7.60 Å². The van der Waals surface area contributed by atoms with Gasteiger partial charge in [-0.3, -0.25) is 23.2 Å². The molecule has 13 heteroatoms. The summed E-state index contributed by atoms with van der Waals surface area (Å²) in [5.74, 6) is -2.53. The summed E-state index contributed by atoms with van der Waals surface area (Å²) in [5, 5.41) is 0. The van der Waals surface area contributed by atoms with E-state index in [1.807, 2.05) is 0 Å². The highest BCUT2D eigenvalue weighted by Gasteiger charge is 2.38. The first-order chi connectivity index (χ1) is 13.5. The third kappa shape index (κ3) is 10.2. The van der Waals surface area contributed by atoms with Crippen molar-refractivity contribution < 1.29 is 56.5 Å². The van der Waals surface area contributed by atoms with E-state index in [4.69, 9.17) is 18.5 Å². The number of cyclic esters (lactones) is 2. The highest BCUT2D eigenvalue weighted by Crippen LogP contribution is 2.51. The molecular weight excluding hydrogens is 415 g/mol. The van der Waals surface area contributed by atoms with Crippen molar-refractivity contribution in [1.82, 2.24) is 0 Å². The Morgan fingerprint density at radius 3 is 1.90 bits per heavy atom. The van der Waals surface area contributed by atoms with E-state index in [-0.39, 0.29) is 12.8 Å². The summed E-state index contributed by atoms with van der Waals surface area (Å²) in [6.45, 7) is 4.78. The Labute approximate surface area is 167 Å². The molecule has 0 saturated carbocycles. The lowest BCUT2D eigenvalue weighted by Gasteiger charge is -2.24. The van der Waals surface area contributed by atoms with Crippen LogP contribution in [0.25, 0.3) is 0 Å². The number of rotatable bonds is 10. The second kappa shape index (κ2) is 11.7. The molecule has 0 spiro atoms. The molecule has 1 atom stereocenters. The third-order valence-corrected chi connectivity index (χ3v) is 5.09. The highest BCUT2D eigenvalue weighted by molar-refractivity contribution is 7.53. The largest absolute Gasteiger partial charge is 0.510 e. The number of hydrogen-bond donors (Lipinski definition) is 0. The molecule has 0 aromatic heterocycles. The van der Waals surface area contributed by atoms with Gasteiger partial charge >= 0.3 is 31.8 Å². The average Bonchev–Trinajstić information content (AvgIpc) is 2.56. The van der Waals surface area contributed by atoms with Gasteiger partial charge in [0.2, 0.25) is 13.6 Å². The molecule has 1 unspecified atom stereocenters. The molecule has 0 bridgehead atoms. The molecule has 1 aliphatic rings. The number of carbonyl (C=O) groups excluding carboxylic acids is 4. The van der Waals surface area contributed by atoms with Crippen LogP contribution in [-0.4, -0.2) is 56.2 Å². The zero-order valence-electron chi connectivity index (χ0n) is 16.6. The van der Waals surface area contributed by atoms with Gasteiger partial charge in [-0.05, 0) is 34.1 Å². The molecule has 1 rings (SSSR count). The molecule has 1 saturated heterocycles. The summed E-state index contributed by atoms with van der Waals surface area (Å²) < 4.78 is 46.1. The molecule has 0 radical (unpaired) electrons. The van der Waals surface area contributed by atoms with Crippen molar-refractivity contribution in [2.45, 2.75) is 52.7 Å². The van der Waals surface area contributed by atoms with Crippen LogP contribution in [0.2, 0.25) is 0 Å². The van der Waals surface area contributed by atoms with Crippen molar-refractivity contribution >= 4 is 31.8 Å². The first-order valence-electron chi connectivity index (χ1n) is 8.80. The third-order valence-electron chi connectivity index (χ3n) is 3.20. The minimum atomic E-state index is -4.10. The molecule has 0 aliphatic carbocycles. The average molecular weight is 440 g/mol. The lowest BCUT2D eigenvalue weighted by molar-refractivity contribution is -0.166. The van der Waals surface area contributed by atoms with E-state index < -0.39 is 69.7 Å². The molecular formula is C16H25O12P. The Kier molecular flexibility index (Phi) is 10.1. The lowest BCUT2D eigenvalue weighted by Crippen LogP contribution is -2.30. The van der Waals surface area contributed by atoms with Gasteiger partial charge in [-0.1, -0.05) is 0 Å². The van der Waals surface area contributed by atoms with Gasteiger partial charge < -0.3 is 23.7 Å². The molecule has 166 valence electrons. The minimum Gasteiger partial charge on any atom is -0.432 e. The van der Waals surface area contributed by atoms with E-state index in [9.17, 15) is 23.7 Å². The molecule has 1 aliphatic heterocycles. The van der Waals surface area contributed by atoms with Crippen LogP contribution in [0, 0.1) is 5.92 Å². The normalized spacial score (nSPS) is 17.1. The Hall–Kier alpha value is -2.17. The van der Waals surface area contributed by atoms with E-state index in [2.05, 4.69) is 14.2 Å². The maximum absolute atomic E-state index is 12.9. The Morgan fingerprint density at radius 1 is 1.00 bits per heavy atom. The zero-order valence-corrected chi connectivity index (χ0v) is 17.5. The smallest absolute Gasteiger partial charge is 0.432 e. The van der Waals surface area contributed by atoms with Crippen LogP contribution in [0.1, 0.15) is 40.5 Å². The second-order valence-electron chi connectivity index (χ2n) is 6.44. The fraction of sp³-hybridized carbons (Fsp3) is 0.750. The SMILES string of the molecule is CC(C)OC(=O)OCOP(=O)(CC1CCC(=O)OC1=O)OCOC(=O)OC(C)C. The van der Waals surface area contributed by atoms with E-state index in [1.54, 1.807) is 27.7 Å². The standard InChI is InChI=1S/C16H25O12P/c1-10(2)26-15(19)22-8-24-29(21,25-9-23-16(20)27-11(3)4)7-12-5-6-13(17)28-14(12)18/h10-12H,5-9H2,1-4H3. The van der Waals surface area contributed by atoms with Crippen molar-refractivity contribution in [3.63, 3.8) is 0 Å². The monoisotopic (exact) mass is 440 g/mol. The van der Waals surface area contributed by atoms with Crippen LogP contribution in [0.5, 0.6) is 0 Å². The summed E-state index contributed by atoms with van der Waals surface area (Å²) in [6, 6.07) is 0. The maximum Gasteiger partial charge on any atom is 0.510 e. The first-order valence-corrected chi connectivity index (χ1v) is 10.5. The zero-order chi connectivity index (χ0) is 22.0. The molecule has 0 amide bonds. The van der Waals surface area contributed by atoms with Gasteiger partial charge in [0.05, 0.1) is 24.3 Å². The highest BCUT2D eigenvalue weighted by atomic mass is 31.2. The molecule has 1 heterocycles.